The third-order valence-corrected chi connectivity index (χ3v) is 2.95. The second kappa shape index (κ2) is 7.79. The molecule has 1 rings (SSSR count). The van der Waals surface area contributed by atoms with Crippen molar-refractivity contribution in [1.82, 2.24) is 9.97 Å². The summed E-state index contributed by atoms with van der Waals surface area (Å²) in [6.07, 6.45) is 0.498. The molecule has 1 aromatic heterocycles. The van der Waals surface area contributed by atoms with Crippen LogP contribution in [0.5, 0.6) is 0 Å². The molecule has 3 N–H and O–H groups in total. The Labute approximate surface area is 120 Å². The van der Waals surface area contributed by atoms with Crippen molar-refractivity contribution in [2.75, 3.05) is 31.7 Å². The Morgan fingerprint density at radius 2 is 2.10 bits per heavy atom. The van der Waals surface area contributed by atoms with Crippen LogP contribution in [0.2, 0.25) is 0 Å². The predicted molar refractivity (Wildman–Crippen MR) is 81.5 cm³/mol. The molecule has 0 saturated carbocycles. The number of anilines is 1. The van der Waals surface area contributed by atoms with Crippen molar-refractivity contribution < 1.29 is 4.74 Å². The van der Waals surface area contributed by atoms with Gasteiger partial charge in [-0.3, -0.25) is 5.41 Å². The van der Waals surface area contributed by atoms with Crippen LogP contribution in [-0.4, -0.2) is 42.6 Å². The van der Waals surface area contributed by atoms with Crippen molar-refractivity contribution in [2.24, 2.45) is 5.73 Å². The van der Waals surface area contributed by atoms with Gasteiger partial charge in [-0.15, -0.1) is 0 Å². The Morgan fingerprint density at radius 1 is 1.40 bits per heavy atom. The van der Waals surface area contributed by atoms with E-state index in [4.69, 9.17) is 15.9 Å². The molecule has 1 aromatic rings. The number of ether oxygens (including phenoxy) is 1. The van der Waals surface area contributed by atoms with Crippen molar-refractivity contribution in [3.8, 4) is 0 Å². The van der Waals surface area contributed by atoms with Crippen LogP contribution in [0.3, 0.4) is 0 Å². The lowest BCUT2D eigenvalue weighted by atomic mass is 10.1. The maximum absolute atomic E-state index is 7.36. The molecule has 0 spiro atoms. The molecule has 0 saturated heterocycles. The summed E-state index contributed by atoms with van der Waals surface area (Å²) in [7, 11) is 1.67. The van der Waals surface area contributed by atoms with E-state index >= 15 is 0 Å². The second-order valence-electron chi connectivity index (χ2n) is 5.14. The number of nitrogens with one attached hydrogen (secondary N) is 1. The first-order valence-electron chi connectivity index (χ1n) is 6.86. The van der Waals surface area contributed by atoms with Gasteiger partial charge in [0.15, 0.2) is 0 Å². The largest absolute Gasteiger partial charge is 0.388 e. The summed E-state index contributed by atoms with van der Waals surface area (Å²) >= 11 is 0. The number of amidine groups is 1. The number of methoxy groups -OCH3 is 1. The SMILES string of the molecule is COCCN(CCC(=N)N)c1nc(C)cc(C(C)C)n1. The van der Waals surface area contributed by atoms with Gasteiger partial charge in [0.1, 0.15) is 0 Å². The number of hydrogen-bond donors (Lipinski definition) is 2. The molecule has 0 aliphatic rings. The number of aryl methyl sites for hydroxylation is 1. The van der Waals surface area contributed by atoms with Gasteiger partial charge in [-0.1, -0.05) is 13.8 Å². The summed E-state index contributed by atoms with van der Waals surface area (Å²) in [5.74, 6) is 1.21. The number of aromatic nitrogens is 2. The molecule has 20 heavy (non-hydrogen) atoms. The first-order chi connectivity index (χ1) is 9.43. The van der Waals surface area contributed by atoms with E-state index in [1.54, 1.807) is 7.11 Å². The minimum atomic E-state index is 0.171. The van der Waals surface area contributed by atoms with Gasteiger partial charge in [0, 0.05) is 38.0 Å². The zero-order valence-electron chi connectivity index (χ0n) is 12.8. The highest BCUT2D eigenvalue weighted by atomic mass is 16.5. The molecule has 0 fully saturated rings. The smallest absolute Gasteiger partial charge is 0.225 e. The maximum atomic E-state index is 7.36. The highest BCUT2D eigenvalue weighted by molar-refractivity contribution is 5.77. The Hall–Kier alpha value is -1.69. The summed E-state index contributed by atoms with van der Waals surface area (Å²) < 4.78 is 5.13. The number of nitrogens with two attached hydrogens (primary N) is 1. The summed E-state index contributed by atoms with van der Waals surface area (Å²) in [4.78, 5) is 11.1. The van der Waals surface area contributed by atoms with E-state index in [1.165, 1.54) is 0 Å². The molecule has 1 heterocycles. The van der Waals surface area contributed by atoms with Crippen LogP contribution in [0.15, 0.2) is 6.07 Å². The van der Waals surface area contributed by atoms with Crippen LogP contribution in [0, 0.1) is 12.3 Å². The van der Waals surface area contributed by atoms with Gasteiger partial charge in [0.2, 0.25) is 5.95 Å². The second-order valence-corrected chi connectivity index (χ2v) is 5.14. The molecule has 112 valence electrons. The predicted octanol–water partition coefficient (Wildman–Crippen LogP) is 1.69. The minimum absolute atomic E-state index is 0.171. The average Bonchev–Trinajstić information content (AvgIpc) is 2.37. The molecule has 0 aliphatic carbocycles. The van der Waals surface area contributed by atoms with Crippen LogP contribution in [0.25, 0.3) is 0 Å². The summed E-state index contributed by atoms with van der Waals surface area (Å²) in [6.45, 7) is 8.09. The van der Waals surface area contributed by atoms with Gasteiger partial charge in [-0.2, -0.15) is 0 Å². The van der Waals surface area contributed by atoms with Crippen LogP contribution in [-0.2, 0) is 4.74 Å². The van der Waals surface area contributed by atoms with Crippen molar-refractivity contribution in [1.29, 1.82) is 5.41 Å². The molecular formula is C14H25N5O. The Kier molecular flexibility index (Phi) is 6.38. The molecule has 6 nitrogen and oxygen atoms in total. The summed E-state index contributed by atoms with van der Waals surface area (Å²) in [6, 6.07) is 2.01. The fourth-order valence-corrected chi connectivity index (χ4v) is 1.78. The Morgan fingerprint density at radius 3 is 2.65 bits per heavy atom. The highest BCUT2D eigenvalue weighted by Crippen LogP contribution is 2.17. The molecule has 0 atom stereocenters. The first kappa shape index (κ1) is 16.4. The van der Waals surface area contributed by atoms with E-state index in [9.17, 15) is 0 Å². The zero-order valence-corrected chi connectivity index (χ0v) is 12.8. The van der Waals surface area contributed by atoms with Crippen molar-refractivity contribution >= 4 is 11.8 Å². The van der Waals surface area contributed by atoms with E-state index in [2.05, 4.69) is 23.8 Å². The highest BCUT2D eigenvalue weighted by Gasteiger charge is 2.13. The topological polar surface area (TPSA) is 88.1 Å². The molecule has 0 amide bonds. The fourth-order valence-electron chi connectivity index (χ4n) is 1.78. The van der Waals surface area contributed by atoms with E-state index in [0.29, 0.717) is 38.0 Å². The molecule has 0 unspecified atom stereocenters. The normalized spacial score (nSPS) is 10.8. The van der Waals surface area contributed by atoms with Gasteiger partial charge in [0.25, 0.3) is 0 Å². The first-order valence-corrected chi connectivity index (χ1v) is 6.86. The van der Waals surface area contributed by atoms with Crippen LogP contribution < -0.4 is 10.6 Å². The summed E-state index contributed by atoms with van der Waals surface area (Å²) in [5, 5.41) is 7.36. The Bertz CT molecular complexity index is 447. The Balaban J connectivity index is 2.95. The minimum Gasteiger partial charge on any atom is -0.388 e. The summed E-state index contributed by atoms with van der Waals surface area (Å²) in [5.41, 5.74) is 7.41. The molecule has 0 radical (unpaired) electrons. The van der Waals surface area contributed by atoms with Gasteiger partial charge >= 0.3 is 0 Å². The monoisotopic (exact) mass is 279 g/mol. The van der Waals surface area contributed by atoms with E-state index in [1.807, 2.05) is 17.9 Å². The third kappa shape index (κ3) is 5.13. The third-order valence-electron chi connectivity index (χ3n) is 2.95. The quantitative estimate of drug-likeness (QED) is 0.558. The van der Waals surface area contributed by atoms with Crippen LogP contribution in [0.1, 0.15) is 37.6 Å². The van der Waals surface area contributed by atoms with E-state index in [0.717, 1.165) is 11.4 Å². The maximum Gasteiger partial charge on any atom is 0.225 e. The molecule has 0 aromatic carbocycles. The van der Waals surface area contributed by atoms with Crippen molar-refractivity contribution in [3.63, 3.8) is 0 Å². The number of nitrogens with zero attached hydrogens (tertiary/aromatic N) is 3. The van der Waals surface area contributed by atoms with Gasteiger partial charge in [-0.25, -0.2) is 9.97 Å². The lowest BCUT2D eigenvalue weighted by Gasteiger charge is -2.23. The molecule has 6 heteroatoms. The lowest BCUT2D eigenvalue weighted by molar-refractivity contribution is 0.205. The lowest BCUT2D eigenvalue weighted by Crippen LogP contribution is -2.32. The van der Waals surface area contributed by atoms with Gasteiger partial charge in [0.05, 0.1) is 12.4 Å². The number of hydrogen-bond acceptors (Lipinski definition) is 5. The van der Waals surface area contributed by atoms with Crippen molar-refractivity contribution in [2.45, 2.75) is 33.1 Å². The standard InChI is InChI=1S/C14H25N5O/c1-10(2)12-9-11(3)17-14(18-12)19(7-8-20-4)6-5-13(15)16/h9-10H,5-8H2,1-4H3,(H3,15,16). The van der Waals surface area contributed by atoms with Gasteiger partial charge < -0.3 is 15.4 Å². The number of rotatable bonds is 8. The molecular weight excluding hydrogens is 254 g/mol. The van der Waals surface area contributed by atoms with Crippen molar-refractivity contribution in [3.05, 3.63) is 17.5 Å². The van der Waals surface area contributed by atoms with Crippen LogP contribution in [0.4, 0.5) is 5.95 Å². The fraction of sp³-hybridized carbons (Fsp3) is 0.643. The zero-order chi connectivity index (χ0) is 15.1. The van der Waals surface area contributed by atoms with E-state index in [-0.39, 0.29) is 5.84 Å². The molecule has 0 aliphatic heterocycles. The molecule has 0 bridgehead atoms. The van der Waals surface area contributed by atoms with Gasteiger partial charge in [-0.05, 0) is 18.9 Å². The average molecular weight is 279 g/mol. The van der Waals surface area contributed by atoms with Crippen LogP contribution >= 0.6 is 0 Å². The van der Waals surface area contributed by atoms with E-state index < -0.39 is 0 Å².